The fourth-order valence-electron chi connectivity index (χ4n) is 2.90. The lowest BCUT2D eigenvalue weighted by Gasteiger charge is -2.19. The molecule has 0 aliphatic rings. The second-order valence-corrected chi connectivity index (χ2v) is 7.25. The fraction of sp³-hybridized carbons (Fsp3) is 0.111. The number of benzene rings is 2. The Hall–Kier alpha value is -1.72. The van der Waals surface area contributed by atoms with E-state index in [1.807, 2.05) is 0 Å². The Morgan fingerprint density at radius 1 is 0.636 bits per heavy atom. The minimum absolute atomic E-state index is 0.200. The molecule has 0 radical (unpaired) electrons. The molecule has 2 aromatic carbocycles. The van der Waals surface area contributed by atoms with Gasteiger partial charge in [0.2, 0.25) is 0 Å². The molecule has 0 fully saturated rings. The summed E-state index contributed by atoms with van der Waals surface area (Å²) in [5.74, 6) is 0. The molecule has 0 saturated carbocycles. The van der Waals surface area contributed by atoms with E-state index < -0.39 is 0 Å². The molecular weight excluding hydrogens is 308 g/mol. The van der Waals surface area contributed by atoms with Gasteiger partial charge in [0.15, 0.2) is 0 Å². The van der Waals surface area contributed by atoms with Gasteiger partial charge in [-0.25, -0.2) is 0 Å². The van der Waals surface area contributed by atoms with Crippen molar-refractivity contribution in [3.63, 3.8) is 0 Å². The molecule has 0 aliphatic carbocycles. The molecule has 0 spiro atoms. The van der Waals surface area contributed by atoms with E-state index in [2.05, 4.69) is 59.3 Å². The van der Waals surface area contributed by atoms with E-state index in [0.29, 0.717) is 0 Å². The molecule has 2 aromatic heterocycles. The highest BCUT2D eigenvalue weighted by Gasteiger charge is 2.22. The van der Waals surface area contributed by atoms with Crippen molar-refractivity contribution < 1.29 is 0 Å². The zero-order valence-corrected chi connectivity index (χ0v) is 13.5. The van der Waals surface area contributed by atoms with Crippen molar-refractivity contribution in [2.45, 2.75) is 12.1 Å². The quantitative estimate of drug-likeness (QED) is 0.568. The molecule has 2 nitrogen and oxygen atoms in total. The van der Waals surface area contributed by atoms with Crippen molar-refractivity contribution in [2.75, 3.05) is 0 Å². The van der Waals surface area contributed by atoms with Crippen molar-refractivity contribution in [1.29, 1.82) is 0 Å². The Balaban J connectivity index is 1.77. The van der Waals surface area contributed by atoms with E-state index in [1.54, 1.807) is 22.7 Å². The van der Waals surface area contributed by atoms with Crippen LogP contribution in [0.15, 0.2) is 59.3 Å². The molecular formula is C18H16N2S2. The normalized spacial score (nSPS) is 14.5. The summed E-state index contributed by atoms with van der Waals surface area (Å²) in [6.45, 7) is 0. The minimum atomic E-state index is -0.200. The third-order valence-corrected chi connectivity index (χ3v) is 6.09. The van der Waals surface area contributed by atoms with Crippen molar-refractivity contribution in [3.05, 3.63) is 70.4 Å². The zero-order valence-electron chi connectivity index (χ0n) is 11.9. The van der Waals surface area contributed by atoms with Crippen LogP contribution in [0.25, 0.3) is 20.2 Å². The Morgan fingerprint density at radius 3 is 1.50 bits per heavy atom. The minimum Gasteiger partial charge on any atom is -0.322 e. The molecule has 0 saturated heterocycles. The van der Waals surface area contributed by atoms with E-state index in [4.69, 9.17) is 11.5 Å². The van der Waals surface area contributed by atoms with E-state index in [1.165, 1.54) is 20.2 Å². The van der Waals surface area contributed by atoms with Crippen LogP contribution in [0, 0.1) is 0 Å². The van der Waals surface area contributed by atoms with Gasteiger partial charge in [-0.2, -0.15) is 0 Å². The van der Waals surface area contributed by atoms with Crippen molar-refractivity contribution >= 4 is 42.8 Å². The molecule has 0 bridgehead atoms. The molecule has 4 N–H and O–H groups in total. The smallest absolute Gasteiger partial charge is 0.0506 e. The monoisotopic (exact) mass is 324 g/mol. The van der Waals surface area contributed by atoms with Crippen LogP contribution in [0.3, 0.4) is 0 Å². The Bertz CT molecular complexity index is 860. The number of rotatable bonds is 3. The van der Waals surface area contributed by atoms with Gasteiger partial charge in [-0.15, -0.1) is 22.7 Å². The molecule has 2 heterocycles. The van der Waals surface area contributed by atoms with Crippen LogP contribution in [-0.2, 0) is 0 Å². The summed E-state index contributed by atoms with van der Waals surface area (Å²) in [6.07, 6.45) is 0. The first-order chi connectivity index (χ1) is 10.8. The second-order valence-electron chi connectivity index (χ2n) is 5.43. The standard InChI is InChI=1S/C18H16N2S2/c19-17(13-9-21-15-7-3-1-5-11(13)15)18(20)14-10-22-16-8-4-2-6-12(14)16/h1-10,17-18H,19-20H2. The van der Waals surface area contributed by atoms with Gasteiger partial charge < -0.3 is 11.5 Å². The molecule has 22 heavy (non-hydrogen) atoms. The van der Waals surface area contributed by atoms with E-state index in [9.17, 15) is 0 Å². The van der Waals surface area contributed by atoms with Gasteiger partial charge in [0, 0.05) is 9.40 Å². The maximum Gasteiger partial charge on any atom is 0.0506 e. The number of hydrogen-bond donors (Lipinski definition) is 2. The summed E-state index contributed by atoms with van der Waals surface area (Å²) in [5, 5.41) is 6.72. The molecule has 4 rings (SSSR count). The number of hydrogen-bond acceptors (Lipinski definition) is 4. The van der Waals surface area contributed by atoms with Crippen LogP contribution in [0.1, 0.15) is 23.2 Å². The lowest BCUT2D eigenvalue weighted by Crippen LogP contribution is -2.26. The first kappa shape index (κ1) is 13.9. The van der Waals surface area contributed by atoms with Crippen LogP contribution in [0.4, 0.5) is 0 Å². The average Bonchev–Trinajstić information content (AvgIpc) is 3.17. The summed E-state index contributed by atoms with van der Waals surface area (Å²) >= 11 is 3.46. The molecule has 4 aromatic rings. The van der Waals surface area contributed by atoms with Gasteiger partial charge in [-0.1, -0.05) is 36.4 Å². The first-order valence-corrected chi connectivity index (χ1v) is 8.95. The number of fused-ring (bicyclic) bond motifs is 2. The zero-order chi connectivity index (χ0) is 15.1. The summed E-state index contributed by atoms with van der Waals surface area (Å²) in [5.41, 5.74) is 15.3. The maximum absolute atomic E-state index is 6.52. The highest BCUT2D eigenvalue weighted by atomic mass is 32.1. The highest BCUT2D eigenvalue weighted by Crippen LogP contribution is 2.37. The lowest BCUT2D eigenvalue weighted by atomic mass is 9.94. The SMILES string of the molecule is NC(c1csc2ccccc12)C(N)c1csc2ccccc12. The summed E-state index contributed by atoms with van der Waals surface area (Å²) in [7, 11) is 0. The molecule has 0 aliphatic heterocycles. The van der Waals surface area contributed by atoms with E-state index >= 15 is 0 Å². The van der Waals surface area contributed by atoms with Gasteiger partial charge in [-0.05, 0) is 44.8 Å². The Morgan fingerprint density at radius 2 is 1.05 bits per heavy atom. The third-order valence-electron chi connectivity index (χ3n) is 4.13. The van der Waals surface area contributed by atoms with E-state index in [-0.39, 0.29) is 12.1 Å². The molecule has 4 heteroatoms. The van der Waals surface area contributed by atoms with Gasteiger partial charge in [0.25, 0.3) is 0 Å². The first-order valence-electron chi connectivity index (χ1n) is 7.19. The van der Waals surface area contributed by atoms with Crippen molar-refractivity contribution in [2.24, 2.45) is 11.5 Å². The van der Waals surface area contributed by atoms with Gasteiger partial charge in [0.1, 0.15) is 0 Å². The molecule has 2 atom stereocenters. The third kappa shape index (κ3) is 2.16. The van der Waals surface area contributed by atoms with Gasteiger partial charge in [0.05, 0.1) is 12.1 Å². The van der Waals surface area contributed by atoms with Crippen LogP contribution in [0.2, 0.25) is 0 Å². The molecule has 110 valence electrons. The summed E-state index contributed by atoms with van der Waals surface area (Å²) < 4.78 is 2.52. The predicted molar refractivity (Wildman–Crippen MR) is 97.5 cm³/mol. The van der Waals surface area contributed by atoms with Gasteiger partial charge >= 0.3 is 0 Å². The summed E-state index contributed by atoms with van der Waals surface area (Å²) in [6, 6.07) is 16.3. The Kier molecular flexibility index (Phi) is 3.47. The number of nitrogens with two attached hydrogens (primary N) is 2. The Labute approximate surface area is 137 Å². The topological polar surface area (TPSA) is 52.0 Å². The molecule has 2 unspecified atom stereocenters. The largest absolute Gasteiger partial charge is 0.322 e. The van der Waals surface area contributed by atoms with Gasteiger partial charge in [-0.3, -0.25) is 0 Å². The second kappa shape index (κ2) is 5.48. The summed E-state index contributed by atoms with van der Waals surface area (Å²) in [4.78, 5) is 0. The van der Waals surface area contributed by atoms with Crippen LogP contribution < -0.4 is 11.5 Å². The van der Waals surface area contributed by atoms with Crippen molar-refractivity contribution in [3.8, 4) is 0 Å². The highest BCUT2D eigenvalue weighted by molar-refractivity contribution is 7.17. The van der Waals surface area contributed by atoms with Crippen LogP contribution in [0.5, 0.6) is 0 Å². The predicted octanol–water partition coefficient (Wildman–Crippen LogP) is 4.82. The van der Waals surface area contributed by atoms with Crippen LogP contribution >= 0.6 is 22.7 Å². The number of thiophene rings is 2. The maximum atomic E-state index is 6.52. The lowest BCUT2D eigenvalue weighted by molar-refractivity contribution is 0.584. The van der Waals surface area contributed by atoms with E-state index in [0.717, 1.165) is 11.1 Å². The van der Waals surface area contributed by atoms with Crippen molar-refractivity contribution in [1.82, 2.24) is 0 Å². The average molecular weight is 324 g/mol. The van der Waals surface area contributed by atoms with Crippen LogP contribution in [-0.4, -0.2) is 0 Å². The molecule has 0 amide bonds. The fourth-order valence-corrected chi connectivity index (χ4v) is 4.92.